The molecule has 114 valence electrons. The summed E-state index contributed by atoms with van der Waals surface area (Å²) < 4.78 is 50.2. The minimum absolute atomic E-state index is 0.104. The number of aryl methyl sites for hydroxylation is 1. The van der Waals surface area contributed by atoms with Crippen LogP contribution in [0.5, 0.6) is 0 Å². The lowest BCUT2D eigenvalue weighted by molar-refractivity contribution is -0.146. The molecule has 0 fully saturated rings. The zero-order valence-electron chi connectivity index (χ0n) is 11.5. The second kappa shape index (κ2) is 7.04. The fraction of sp³-hybridized carbons (Fsp3) is 0.571. The average molecular weight is 293 g/mol. The van der Waals surface area contributed by atoms with Crippen LogP contribution < -0.4 is 0 Å². The Morgan fingerprint density at radius 1 is 1.30 bits per heavy atom. The molecule has 0 saturated carbocycles. The van der Waals surface area contributed by atoms with Crippen LogP contribution >= 0.6 is 0 Å². The summed E-state index contributed by atoms with van der Waals surface area (Å²) in [6, 6.07) is 4.35. The smallest absolute Gasteiger partial charge is 0.388 e. The van der Waals surface area contributed by atoms with Gasteiger partial charge in [-0.15, -0.1) is 0 Å². The maximum Gasteiger partial charge on any atom is 0.401 e. The average Bonchev–Trinajstić information content (AvgIpc) is 2.36. The minimum Gasteiger partial charge on any atom is -0.388 e. The molecule has 0 saturated heterocycles. The third-order valence-electron chi connectivity index (χ3n) is 3.15. The van der Waals surface area contributed by atoms with Crippen LogP contribution in [-0.2, 0) is 0 Å². The molecule has 0 spiro atoms. The van der Waals surface area contributed by atoms with Gasteiger partial charge in [0.05, 0.1) is 12.6 Å². The summed E-state index contributed by atoms with van der Waals surface area (Å²) in [4.78, 5) is 1.20. The highest BCUT2D eigenvalue weighted by atomic mass is 19.4. The standard InChI is InChI=1S/C14H19F4NO/c1-3-19(9-14(16,17)18)7-6-13(20)11-5-4-10(2)12(15)8-11/h4-5,8,13,20H,3,6-7,9H2,1-2H3. The van der Waals surface area contributed by atoms with Crippen LogP contribution in [0.3, 0.4) is 0 Å². The van der Waals surface area contributed by atoms with Crippen LogP contribution in [0.25, 0.3) is 0 Å². The normalized spacial score (nSPS) is 13.8. The van der Waals surface area contributed by atoms with Crippen molar-refractivity contribution in [2.24, 2.45) is 0 Å². The van der Waals surface area contributed by atoms with E-state index in [2.05, 4.69) is 0 Å². The molecule has 0 amide bonds. The van der Waals surface area contributed by atoms with E-state index in [-0.39, 0.29) is 19.5 Å². The Kier molecular flexibility index (Phi) is 5.95. The van der Waals surface area contributed by atoms with Crippen LogP contribution in [-0.4, -0.2) is 35.8 Å². The van der Waals surface area contributed by atoms with E-state index in [0.29, 0.717) is 11.1 Å². The van der Waals surface area contributed by atoms with Crippen LogP contribution in [0.2, 0.25) is 0 Å². The number of rotatable bonds is 6. The Bertz CT molecular complexity index is 434. The molecule has 6 heteroatoms. The highest BCUT2D eigenvalue weighted by molar-refractivity contribution is 5.24. The molecule has 1 rings (SSSR count). The molecule has 0 aliphatic heterocycles. The van der Waals surface area contributed by atoms with Crippen LogP contribution in [0.1, 0.15) is 30.6 Å². The summed E-state index contributed by atoms with van der Waals surface area (Å²) in [5.41, 5.74) is 0.851. The summed E-state index contributed by atoms with van der Waals surface area (Å²) in [5.74, 6) is -0.427. The summed E-state index contributed by atoms with van der Waals surface area (Å²) >= 11 is 0. The van der Waals surface area contributed by atoms with E-state index in [1.54, 1.807) is 26.0 Å². The molecule has 0 radical (unpaired) electrons. The number of aliphatic hydroxyl groups excluding tert-OH is 1. The minimum atomic E-state index is -4.25. The number of benzene rings is 1. The van der Waals surface area contributed by atoms with E-state index in [1.165, 1.54) is 11.0 Å². The van der Waals surface area contributed by atoms with Gasteiger partial charge in [-0.2, -0.15) is 13.2 Å². The first-order valence-corrected chi connectivity index (χ1v) is 6.46. The molecular weight excluding hydrogens is 274 g/mol. The van der Waals surface area contributed by atoms with E-state index in [4.69, 9.17) is 0 Å². The van der Waals surface area contributed by atoms with Gasteiger partial charge in [-0.25, -0.2) is 4.39 Å². The van der Waals surface area contributed by atoms with Crippen molar-refractivity contribution < 1.29 is 22.7 Å². The van der Waals surface area contributed by atoms with E-state index in [0.717, 1.165) is 0 Å². The van der Waals surface area contributed by atoms with E-state index in [9.17, 15) is 22.7 Å². The predicted molar refractivity (Wildman–Crippen MR) is 68.9 cm³/mol. The topological polar surface area (TPSA) is 23.5 Å². The Labute approximate surface area is 116 Å². The van der Waals surface area contributed by atoms with Gasteiger partial charge >= 0.3 is 6.18 Å². The Morgan fingerprint density at radius 3 is 2.45 bits per heavy atom. The summed E-state index contributed by atoms with van der Waals surface area (Å²) in [6.45, 7) is 2.58. The Hall–Kier alpha value is -1.14. The molecule has 0 aromatic heterocycles. The molecule has 1 unspecified atom stereocenters. The summed E-state index contributed by atoms with van der Waals surface area (Å²) in [5, 5.41) is 9.90. The molecule has 1 atom stereocenters. The second-order valence-electron chi connectivity index (χ2n) is 4.80. The van der Waals surface area contributed by atoms with Crippen molar-refractivity contribution in [3.05, 3.63) is 35.1 Å². The first-order valence-electron chi connectivity index (χ1n) is 6.46. The molecule has 1 aromatic rings. The van der Waals surface area contributed by atoms with E-state index < -0.39 is 24.6 Å². The van der Waals surface area contributed by atoms with Gasteiger partial charge in [0.2, 0.25) is 0 Å². The molecule has 1 aromatic carbocycles. The van der Waals surface area contributed by atoms with Gasteiger partial charge in [-0.3, -0.25) is 4.90 Å². The fourth-order valence-corrected chi connectivity index (χ4v) is 1.89. The lowest BCUT2D eigenvalue weighted by atomic mass is 10.0. The van der Waals surface area contributed by atoms with Gasteiger partial charge in [0.1, 0.15) is 5.82 Å². The van der Waals surface area contributed by atoms with Gasteiger partial charge in [0, 0.05) is 6.54 Å². The summed E-state index contributed by atoms with van der Waals surface area (Å²) in [7, 11) is 0. The van der Waals surface area contributed by atoms with Crippen LogP contribution in [0, 0.1) is 12.7 Å². The van der Waals surface area contributed by atoms with Gasteiger partial charge in [-0.1, -0.05) is 19.1 Å². The number of halogens is 4. The number of hydrogen-bond acceptors (Lipinski definition) is 2. The maximum atomic E-state index is 13.4. The maximum absolute atomic E-state index is 13.4. The van der Waals surface area contributed by atoms with Crippen molar-refractivity contribution in [3.63, 3.8) is 0 Å². The monoisotopic (exact) mass is 293 g/mol. The lowest BCUT2D eigenvalue weighted by Gasteiger charge is -2.23. The quantitative estimate of drug-likeness (QED) is 0.812. The van der Waals surface area contributed by atoms with Crippen molar-refractivity contribution >= 4 is 0 Å². The molecular formula is C14H19F4NO. The number of aliphatic hydroxyl groups is 1. The van der Waals surface area contributed by atoms with Crippen molar-refractivity contribution in [2.45, 2.75) is 32.5 Å². The first kappa shape index (κ1) is 16.9. The third kappa shape index (κ3) is 5.46. The van der Waals surface area contributed by atoms with Crippen molar-refractivity contribution in [3.8, 4) is 0 Å². The SMILES string of the molecule is CCN(CCC(O)c1ccc(C)c(F)c1)CC(F)(F)F. The predicted octanol–water partition coefficient (Wildman–Crippen LogP) is 3.44. The van der Waals surface area contributed by atoms with Gasteiger partial charge < -0.3 is 5.11 Å². The summed E-state index contributed by atoms with van der Waals surface area (Å²) in [6.07, 6.45) is -5.09. The van der Waals surface area contributed by atoms with Crippen molar-refractivity contribution in [1.82, 2.24) is 4.90 Å². The molecule has 1 N–H and O–H groups in total. The Balaban J connectivity index is 2.57. The first-order chi connectivity index (χ1) is 9.23. The number of nitrogens with zero attached hydrogens (tertiary/aromatic N) is 1. The van der Waals surface area contributed by atoms with Gasteiger partial charge in [0.15, 0.2) is 0 Å². The van der Waals surface area contributed by atoms with Gasteiger partial charge in [0.25, 0.3) is 0 Å². The number of alkyl halides is 3. The van der Waals surface area contributed by atoms with E-state index >= 15 is 0 Å². The Morgan fingerprint density at radius 2 is 1.95 bits per heavy atom. The largest absolute Gasteiger partial charge is 0.401 e. The van der Waals surface area contributed by atoms with Crippen LogP contribution in [0.15, 0.2) is 18.2 Å². The molecule has 0 bridgehead atoms. The highest BCUT2D eigenvalue weighted by Crippen LogP contribution is 2.21. The molecule has 0 aliphatic rings. The molecule has 20 heavy (non-hydrogen) atoms. The lowest BCUT2D eigenvalue weighted by Crippen LogP contribution is -2.35. The van der Waals surface area contributed by atoms with Crippen LogP contribution in [0.4, 0.5) is 17.6 Å². The van der Waals surface area contributed by atoms with E-state index in [1.807, 2.05) is 0 Å². The molecule has 0 aliphatic carbocycles. The number of hydrogen-bond donors (Lipinski definition) is 1. The molecule has 2 nitrogen and oxygen atoms in total. The third-order valence-corrected chi connectivity index (χ3v) is 3.15. The van der Waals surface area contributed by atoms with Gasteiger partial charge in [-0.05, 0) is 37.1 Å². The fourth-order valence-electron chi connectivity index (χ4n) is 1.89. The van der Waals surface area contributed by atoms with Crippen molar-refractivity contribution in [2.75, 3.05) is 19.6 Å². The highest BCUT2D eigenvalue weighted by Gasteiger charge is 2.30. The molecule has 0 heterocycles. The van der Waals surface area contributed by atoms with Crippen molar-refractivity contribution in [1.29, 1.82) is 0 Å². The zero-order valence-corrected chi connectivity index (χ0v) is 11.5. The second-order valence-corrected chi connectivity index (χ2v) is 4.80. The zero-order chi connectivity index (χ0) is 15.3.